The number of aryl methyl sites for hydroxylation is 2. The number of nitrogens with zero attached hydrogens (tertiary/aromatic N) is 5. The molecule has 0 unspecified atom stereocenters. The molecule has 0 saturated carbocycles. The van der Waals surface area contributed by atoms with Crippen LogP contribution in [0.15, 0.2) is 67.5 Å². The molecule has 0 amide bonds. The minimum Gasteiger partial charge on any atom is -0.367 e. The van der Waals surface area contributed by atoms with Crippen LogP contribution >= 0.6 is 0 Å². The molecule has 5 nitrogen and oxygen atoms in total. The zero-order valence-electron chi connectivity index (χ0n) is 15.5. The summed E-state index contributed by atoms with van der Waals surface area (Å²) in [6.07, 6.45) is 15.4. The SMILES string of the molecule is Cc1cc(-c2cnc(CN3C=C(c4cnccn4)C=CC3)cc2C)ccn1. The van der Waals surface area contributed by atoms with Crippen LogP contribution in [0.25, 0.3) is 16.7 Å². The first-order chi connectivity index (χ1) is 13.2. The molecule has 3 aromatic heterocycles. The summed E-state index contributed by atoms with van der Waals surface area (Å²) in [7, 11) is 0. The van der Waals surface area contributed by atoms with Gasteiger partial charge in [0, 0.05) is 54.4 Å². The Morgan fingerprint density at radius 1 is 1.00 bits per heavy atom. The highest BCUT2D eigenvalue weighted by atomic mass is 15.1. The Bertz CT molecular complexity index is 1010. The number of pyridine rings is 2. The summed E-state index contributed by atoms with van der Waals surface area (Å²) in [6, 6.07) is 6.29. The lowest BCUT2D eigenvalue weighted by Gasteiger charge is -2.23. The van der Waals surface area contributed by atoms with E-state index in [0.29, 0.717) is 0 Å². The van der Waals surface area contributed by atoms with Crippen molar-refractivity contribution in [2.24, 2.45) is 0 Å². The summed E-state index contributed by atoms with van der Waals surface area (Å²) in [5, 5.41) is 0. The van der Waals surface area contributed by atoms with E-state index in [0.717, 1.165) is 46.9 Å². The number of rotatable bonds is 4. The van der Waals surface area contributed by atoms with Crippen LogP contribution in [-0.2, 0) is 6.54 Å². The lowest BCUT2D eigenvalue weighted by molar-refractivity contribution is 0.401. The van der Waals surface area contributed by atoms with Gasteiger partial charge >= 0.3 is 0 Å². The minimum absolute atomic E-state index is 0.755. The van der Waals surface area contributed by atoms with Gasteiger partial charge in [-0.15, -0.1) is 0 Å². The zero-order chi connectivity index (χ0) is 18.6. The molecule has 4 heterocycles. The van der Waals surface area contributed by atoms with Gasteiger partial charge in [0.1, 0.15) is 0 Å². The molecule has 0 aromatic carbocycles. The van der Waals surface area contributed by atoms with Crippen LogP contribution in [-0.4, -0.2) is 31.4 Å². The molecule has 4 rings (SSSR count). The van der Waals surface area contributed by atoms with Gasteiger partial charge in [-0.2, -0.15) is 0 Å². The molecule has 3 aromatic rings. The number of allylic oxidation sites excluding steroid dienone is 2. The van der Waals surface area contributed by atoms with E-state index in [1.165, 1.54) is 5.56 Å². The standard InChI is InChI=1S/C22H21N5/c1-16-10-20(26-12-21(16)18-5-6-24-17(2)11-18)15-27-9-3-4-19(14-27)22-13-23-7-8-25-22/h3-8,10-14H,9,15H2,1-2H3. The van der Waals surface area contributed by atoms with Crippen molar-refractivity contribution in [3.8, 4) is 11.1 Å². The second-order valence-corrected chi connectivity index (χ2v) is 6.68. The first kappa shape index (κ1) is 17.1. The predicted octanol–water partition coefficient (Wildman–Crippen LogP) is 3.96. The number of aromatic nitrogens is 4. The van der Waals surface area contributed by atoms with Gasteiger partial charge < -0.3 is 4.90 Å². The third kappa shape index (κ3) is 3.92. The predicted molar refractivity (Wildman–Crippen MR) is 107 cm³/mol. The maximum absolute atomic E-state index is 4.69. The summed E-state index contributed by atoms with van der Waals surface area (Å²) in [6.45, 7) is 5.75. The largest absolute Gasteiger partial charge is 0.367 e. The first-order valence-electron chi connectivity index (χ1n) is 8.96. The summed E-state index contributed by atoms with van der Waals surface area (Å²) in [5.74, 6) is 0. The van der Waals surface area contributed by atoms with E-state index in [1.54, 1.807) is 18.6 Å². The van der Waals surface area contributed by atoms with Crippen molar-refractivity contribution in [1.29, 1.82) is 0 Å². The second-order valence-electron chi connectivity index (χ2n) is 6.68. The van der Waals surface area contributed by atoms with Crippen molar-refractivity contribution < 1.29 is 0 Å². The van der Waals surface area contributed by atoms with Gasteiger partial charge in [-0.1, -0.05) is 12.2 Å². The lowest BCUT2D eigenvalue weighted by Crippen LogP contribution is -2.20. The molecule has 27 heavy (non-hydrogen) atoms. The van der Waals surface area contributed by atoms with Crippen LogP contribution in [0.4, 0.5) is 0 Å². The Kier molecular flexibility index (Phi) is 4.75. The van der Waals surface area contributed by atoms with Crippen LogP contribution in [0.5, 0.6) is 0 Å². The molecule has 0 spiro atoms. The Morgan fingerprint density at radius 2 is 1.93 bits per heavy atom. The van der Waals surface area contributed by atoms with E-state index >= 15 is 0 Å². The quantitative estimate of drug-likeness (QED) is 0.709. The summed E-state index contributed by atoms with van der Waals surface area (Å²) < 4.78 is 0. The molecule has 1 aliphatic heterocycles. The molecular weight excluding hydrogens is 334 g/mol. The lowest BCUT2D eigenvalue weighted by atomic mass is 10.0. The second kappa shape index (κ2) is 7.50. The van der Waals surface area contributed by atoms with Gasteiger partial charge in [0.05, 0.1) is 24.1 Å². The Balaban J connectivity index is 1.54. The third-order valence-electron chi connectivity index (χ3n) is 4.56. The van der Waals surface area contributed by atoms with Crippen LogP contribution in [0.1, 0.15) is 22.6 Å². The van der Waals surface area contributed by atoms with Gasteiger partial charge in [-0.05, 0) is 43.2 Å². The van der Waals surface area contributed by atoms with Crippen LogP contribution in [0.2, 0.25) is 0 Å². The van der Waals surface area contributed by atoms with Gasteiger partial charge in [0.2, 0.25) is 0 Å². The Hall–Kier alpha value is -3.34. The summed E-state index contributed by atoms with van der Waals surface area (Å²) in [5.41, 5.74) is 7.53. The van der Waals surface area contributed by atoms with Crippen molar-refractivity contribution >= 4 is 5.57 Å². The average Bonchev–Trinajstić information content (AvgIpc) is 2.69. The molecule has 0 radical (unpaired) electrons. The van der Waals surface area contributed by atoms with Crippen LogP contribution in [0.3, 0.4) is 0 Å². The topological polar surface area (TPSA) is 54.8 Å². The van der Waals surface area contributed by atoms with E-state index in [2.05, 4.69) is 57.3 Å². The monoisotopic (exact) mass is 355 g/mol. The molecule has 5 heteroatoms. The number of hydrogen-bond acceptors (Lipinski definition) is 5. The van der Waals surface area contributed by atoms with Crippen LogP contribution < -0.4 is 0 Å². The normalized spacial score (nSPS) is 13.6. The average molecular weight is 355 g/mol. The van der Waals surface area contributed by atoms with E-state index in [9.17, 15) is 0 Å². The van der Waals surface area contributed by atoms with Gasteiger partial charge in [-0.25, -0.2) is 0 Å². The van der Waals surface area contributed by atoms with Crippen molar-refractivity contribution in [2.75, 3.05) is 6.54 Å². The molecule has 0 atom stereocenters. The smallest absolute Gasteiger partial charge is 0.0899 e. The maximum atomic E-state index is 4.69. The van der Waals surface area contributed by atoms with Crippen molar-refractivity contribution in [3.63, 3.8) is 0 Å². The first-order valence-corrected chi connectivity index (χ1v) is 8.96. The highest BCUT2D eigenvalue weighted by molar-refractivity contribution is 5.71. The molecular formula is C22H21N5. The van der Waals surface area contributed by atoms with E-state index in [1.807, 2.05) is 25.4 Å². The fraction of sp³-hybridized carbons (Fsp3) is 0.182. The Labute approximate surface area is 159 Å². The minimum atomic E-state index is 0.755. The third-order valence-corrected chi connectivity index (χ3v) is 4.56. The highest BCUT2D eigenvalue weighted by Gasteiger charge is 2.11. The van der Waals surface area contributed by atoms with E-state index in [4.69, 9.17) is 4.98 Å². The molecule has 0 aliphatic carbocycles. The Morgan fingerprint density at radius 3 is 2.70 bits per heavy atom. The fourth-order valence-corrected chi connectivity index (χ4v) is 3.24. The zero-order valence-corrected chi connectivity index (χ0v) is 15.5. The maximum Gasteiger partial charge on any atom is 0.0899 e. The van der Waals surface area contributed by atoms with Crippen LogP contribution in [0, 0.1) is 13.8 Å². The van der Waals surface area contributed by atoms with Crippen molar-refractivity contribution in [3.05, 3.63) is 90.2 Å². The molecule has 1 aliphatic rings. The fourth-order valence-electron chi connectivity index (χ4n) is 3.24. The van der Waals surface area contributed by atoms with Gasteiger partial charge in [0.25, 0.3) is 0 Å². The molecule has 0 fully saturated rings. The molecule has 0 bridgehead atoms. The van der Waals surface area contributed by atoms with Crippen molar-refractivity contribution in [1.82, 2.24) is 24.8 Å². The van der Waals surface area contributed by atoms with Gasteiger partial charge in [-0.3, -0.25) is 19.9 Å². The highest BCUT2D eigenvalue weighted by Crippen LogP contribution is 2.24. The number of hydrogen-bond donors (Lipinski definition) is 0. The summed E-state index contributed by atoms with van der Waals surface area (Å²) >= 11 is 0. The van der Waals surface area contributed by atoms with E-state index < -0.39 is 0 Å². The summed E-state index contributed by atoms with van der Waals surface area (Å²) in [4.78, 5) is 19.7. The van der Waals surface area contributed by atoms with Crippen molar-refractivity contribution in [2.45, 2.75) is 20.4 Å². The van der Waals surface area contributed by atoms with Gasteiger partial charge in [0.15, 0.2) is 0 Å². The molecule has 0 saturated heterocycles. The van der Waals surface area contributed by atoms with E-state index in [-0.39, 0.29) is 0 Å². The molecule has 134 valence electrons. The molecule has 0 N–H and O–H groups in total.